The Balaban J connectivity index is 1.61. The van der Waals surface area contributed by atoms with Crippen LogP contribution in [0.25, 0.3) is 16.9 Å². The molecule has 4 aromatic rings. The van der Waals surface area contributed by atoms with Crippen molar-refractivity contribution in [3.05, 3.63) is 87.3 Å². The van der Waals surface area contributed by atoms with E-state index in [1.807, 2.05) is 0 Å². The second-order valence-electron chi connectivity index (χ2n) is 6.24. The van der Waals surface area contributed by atoms with Crippen LogP contribution < -0.4 is 5.32 Å². The van der Waals surface area contributed by atoms with Crippen LogP contribution in [0.2, 0.25) is 15.1 Å². The Bertz CT molecular complexity index is 1300. The Morgan fingerprint density at radius 1 is 0.903 bits per heavy atom. The molecule has 0 spiro atoms. The molecule has 0 bridgehead atoms. The van der Waals surface area contributed by atoms with Gasteiger partial charge in [0.05, 0.1) is 44.9 Å². The average molecular weight is 481 g/mol. The summed E-state index contributed by atoms with van der Waals surface area (Å²) in [7, 11) is 0. The van der Waals surface area contributed by atoms with Crippen molar-refractivity contribution in [2.75, 3.05) is 5.32 Å². The SMILES string of the molecule is O=C(Nc1cnc(-n2nccn2)c(Cl)c1)c1cc(F)c(-c2ccc(F)cc2Cl)cc1Cl. The Kier molecular flexibility index (Phi) is 5.86. The molecule has 2 aromatic heterocycles. The lowest BCUT2D eigenvalue weighted by Crippen LogP contribution is -2.14. The van der Waals surface area contributed by atoms with Gasteiger partial charge in [0.25, 0.3) is 5.91 Å². The zero-order valence-electron chi connectivity index (χ0n) is 15.3. The zero-order chi connectivity index (χ0) is 22.1. The molecule has 4 rings (SSSR count). The minimum Gasteiger partial charge on any atom is -0.320 e. The summed E-state index contributed by atoms with van der Waals surface area (Å²) in [6.45, 7) is 0. The lowest BCUT2D eigenvalue weighted by Gasteiger charge is -2.11. The van der Waals surface area contributed by atoms with E-state index in [1.165, 1.54) is 41.6 Å². The number of rotatable bonds is 4. The fourth-order valence-electron chi connectivity index (χ4n) is 2.80. The minimum absolute atomic E-state index is 0.0136. The molecule has 0 aliphatic heterocycles. The first-order valence-corrected chi connectivity index (χ1v) is 9.75. The second kappa shape index (κ2) is 8.58. The van der Waals surface area contributed by atoms with E-state index < -0.39 is 17.5 Å². The van der Waals surface area contributed by atoms with Gasteiger partial charge in [0.1, 0.15) is 11.6 Å². The van der Waals surface area contributed by atoms with Crippen molar-refractivity contribution in [1.29, 1.82) is 0 Å². The maximum atomic E-state index is 14.7. The van der Waals surface area contributed by atoms with Crippen molar-refractivity contribution in [3.8, 4) is 16.9 Å². The van der Waals surface area contributed by atoms with Gasteiger partial charge in [-0.1, -0.05) is 34.8 Å². The summed E-state index contributed by atoms with van der Waals surface area (Å²) in [6, 6.07) is 7.21. The maximum absolute atomic E-state index is 14.7. The van der Waals surface area contributed by atoms with Gasteiger partial charge in [0, 0.05) is 11.1 Å². The third kappa shape index (κ3) is 4.36. The lowest BCUT2D eigenvalue weighted by atomic mass is 10.0. The van der Waals surface area contributed by atoms with Gasteiger partial charge in [-0.25, -0.2) is 13.8 Å². The highest BCUT2D eigenvalue weighted by Crippen LogP contribution is 2.34. The molecule has 1 amide bonds. The van der Waals surface area contributed by atoms with Crippen molar-refractivity contribution >= 4 is 46.4 Å². The highest BCUT2D eigenvalue weighted by atomic mass is 35.5. The highest BCUT2D eigenvalue weighted by molar-refractivity contribution is 6.36. The molecule has 11 heteroatoms. The van der Waals surface area contributed by atoms with Gasteiger partial charge in [-0.15, -0.1) is 4.80 Å². The number of pyridine rings is 1. The van der Waals surface area contributed by atoms with Gasteiger partial charge in [-0.05, 0) is 36.4 Å². The Morgan fingerprint density at radius 2 is 1.65 bits per heavy atom. The molecule has 2 aromatic carbocycles. The van der Waals surface area contributed by atoms with E-state index in [4.69, 9.17) is 34.8 Å². The first kappa shape index (κ1) is 21.2. The number of nitrogens with one attached hydrogen (secondary N) is 1. The summed E-state index contributed by atoms with van der Waals surface area (Å²) < 4.78 is 28.0. The number of nitrogens with zero attached hydrogens (tertiary/aromatic N) is 4. The summed E-state index contributed by atoms with van der Waals surface area (Å²) in [4.78, 5) is 18.0. The van der Waals surface area contributed by atoms with Gasteiger partial charge in [0.2, 0.25) is 0 Å². The van der Waals surface area contributed by atoms with Crippen LogP contribution in [-0.4, -0.2) is 25.9 Å². The predicted molar refractivity (Wildman–Crippen MR) is 114 cm³/mol. The van der Waals surface area contributed by atoms with Gasteiger partial charge in [0.15, 0.2) is 5.82 Å². The zero-order valence-corrected chi connectivity index (χ0v) is 17.6. The van der Waals surface area contributed by atoms with Crippen molar-refractivity contribution in [1.82, 2.24) is 20.0 Å². The van der Waals surface area contributed by atoms with E-state index in [0.29, 0.717) is 0 Å². The number of benzene rings is 2. The summed E-state index contributed by atoms with van der Waals surface area (Å²) >= 11 is 18.4. The molecule has 156 valence electrons. The summed E-state index contributed by atoms with van der Waals surface area (Å²) in [5.41, 5.74) is 0.420. The Morgan fingerprint density at radius 3 is 2.32 bits per heavy atom. The van der Waals surface area contributed by atoms with Gasteiger partial charge in [-0.2, -0.15) is 10.2 Å². The van der Waals surface area contributed by atoms with Gasteiger partial charge < -0.3 is 5.32 Å². The van der Waals surface area contributed by atoms with E-state index in [9.17, 15) is 13.6 Å². The summed E-state index contributed by atoms with van der Waals surface area (Å²) in [6.07, 6.45) is 4.28. The average Bonchev–Trinajstić information content (AvgIpc) is 3.24. The molecule has 0 saturated heterocycles. The molecule has 0 aliphatic rings. The van der Waals surface area contributed by atoms with Gasteiger partial charge >= 0.3 is 0 Å². The monoisotopic (exact) mass is 479 g/mol. The molecular formula is C20H10Cl3F2N5O. The van der Waals surface area contributed by atoms with Crippen molar-refractivity contribution < 1.29 is 13.6 Å². The number of anilines is 1. The number of carbonyl (C=O) groups is 1. The second-order valence-corrected chi connectivity index (χ2v) is 7.46. The number of hydrogen-bond acceptors (Lipinski definition) is 4. The van der Waals surface area contributed by atoms with E-state index in [0.717, 1.165) is 18.2 Å². The molecule has 6 nitrogen and oxygen atoms in total. The molecule has 0 atom stereocenters. The maximum Gasteiger partial charge on any atom is 0.257 e. The fourth-order valence-corrected chi connectivity index (χ4v) is 3.57. The van der Waals surface area contributed by atoms with Crippen LogP contribution in [0, 0.1) is 11.6 Å². The standard InChI is InChI=1S/C20H10Cl3F2N5O/c21-15-5-10(24)1-2-12(15)13-7-16(22)14(8-18(13)25)20(31)29-11-6-17(23)19(26-9-11)30-27-3-4-28-30/h1-9H,(H,29,31). The largest absolute Gasteiger partial charge is 0.320 e. The predicted octanol–water partition coefficient (Wildman–Crippen LogP) is 5.82. The number of halogens is 5. The van der Waals surface area contributed by atoms with Crippen LogP contribution in [0.5, 0.6) is 0 Å². The molecule has 0 aliphatic carbocycles. The first-order valence-electron chi connectivity index (χ1n) is 8.61. The Hall–Kier alpha value is -3.07. The van der Waals surface area contributed by atoms with E-state index in [-0.39, 0.29) is 43.3 Å². The number of carbonyl (C=O) groups excluding carboxylic acids is 1. The number of aromatic nitrogens is 4. The number of hydrogen-bond donors (Lipinski definition) is 1. The van der Waals surface area contributed by atoms with E-state index >= 15 is 0 Å². The Labute approximate surface area is 189 Å². The summed E-state index contributed by atoms with van der Waals surface area (Å²) in [5.74, 6) is -1.71. The first-order chi connectivity index (χ1) is 14.8. The molecule has 0 saturated carbocycles. The normalized spacial score (nSPS) is 10.9. The van der Waals surface area contributed by atoms with Crippen LogP contribution in [0.4, 0.5) is 14.5 Å². The topological polar surface area (TPSA) is 72.7 Å². The number of amides is 1. The van der Waals surface area contributed by atoms with Crippen molar-refractivity contribution in [2.45, 2.75) is 0 Å². The molecule has 0 radical (unpaired) electrons. The van der Waals surface area contributed by atoms with Crippen molar-refractivity contribution in [3.63, 3.8) is 0 Å². The fraction of sp³-hybridized carbons (Fsp3) is 0. The van der Waals surface area contributed by atoms with Crippen LogP contribution in [0.15, 0.2) is 55.0 Å². The molecule has 0 fully saturated rings. The third-order valence-electron chi connectivity index (χ3n) is 4.21. The molecular weight excluding hydrogens is 471 g/mol. The smallest absolute Gasteiger partial charge is 0.257 e. The van der Waals surface area contributed by atoms with E-state index in [2.05, 4.69) is 20.5 Å². The van der Waals surface area contributed by atoms with Crippen LogP contribution in [0.3, 0.4) is 0 Å². The summed E-state index contributed by atoms with van der Waals surface area (Å²) in [5, 5.41) is 10.6. The highest BCUT2D eigenvalue weighted by Gasteiger charge is 2.18. The molecule has 1 N–H and O–H groups in total. The van der Waals surface area contributed by atoms with Crippen LogP contribution in [-0.2, 0) is 0 Å². The van der Waals surface area contributed by atoms with Crippen LogP contribution in [0.1, 0.15) is 10.4 Å². The minimum atomic E-state index is -0.751. The van der Waals surface area contributed by atoms with E-state index in [1.54, 1.807) is 0 Å². The molecule has 0 unspecified atom stereocenters. The third-order valence-corrected chi connectivity index (χ3v) is 5.11. The lowest BCUT2D eigenvalue weighted by molar-refractivity contribution is 0.102. The molecule has 31 heavy (non-hydrogen) atoms. The molecule has 2 heterocycles. The van der Waals surface area contributed by atoms with Gasteiger partial charge in [-0.3, -0.25) is 4.79 Å². The quantitative estimate of drug-likeness (QED) is 0.399. The van der Waals surface area contributed by atoms with Crippen LogP contribution >= 0.6 is 34.8 Å². The van der Waals surface area contributed by atoms with Crippen molar-refractivity contribution in [2.24, 2.45) is 0 Å².